The number of phenolic OH excluding ortho intramolecular Hbond substituents is 1. The number of nitrogens with zero attached hydrogens (tertiary/aromatic N) is 1. The van der Waals surface area contributed by atoms with Crippen LogP contribution in [0.5, 0.6) is 5.75 Å². The number of hydrogen-bond donors (Lipinski definition) is 3. The number of aromatic nitrogens is 2. The number of hydrogen-bond acceptors (Lipinski definition) is 4. The van der Waals surface area contributed by atoms with Gasteiger partial charge in [0.15, 0.2) is 0 Å². The largest absolute Gasteiger partial charge is 0.506 e. The summed E-state index contributed by atoms with van der Waals surface area (Å²) in [5.41, 5.74) is -1.05. The van der Waals surface area contributed by atoms with E-state index >= 15 is 0 Å². The molecule has 1 aromatic carbocycles. The van der Waals surface area contributed by atoms with Crippen LogP contribution in [-0.2, 0) is 6.54 Å². The maximum Gasteiger partial charge on any atom is 0.329 e. The van der Waals surface area contributed by atoms with Gasteiger partial charge in [0.2, 0.25) is 0 Å². The van der Waals surface area contributed by atoms with Crippen LogP contribution in [0.2, 0.25) is 0 Å². The molecule has 0 amide bonds. The van der Waals surface area contributed by atoms with Gasteiger partial charge in [-0.3, -0.25) is 9.36 Å². The topological polar surface area (TPSA) is 95.3 Å². The molecule has 16 heavy (non-hydrogen) atoms. The van der Waals surface area contributed by atoms with E-state index in [-0.39, 0.29) is 29.8 Å². The molecular formula is C10H10N2O4. The molecule has 0 saturated heterocycles. The molecule has 0 radical (unpaired) electrons. The molecule has 1 aromatic heterocycles. The Morgan fingerprint density at radius 3 is 2.75 bits per heavy atom. The molecule has 0 bridgehead atoms. The lowest BCUT2D eigenvalue weighted by atomic mass is 10.2. The number of aliphatic hydroxyl groups excluding tert-OH is 1. The quantitative estimate of drug-likeness (QED) is 0.631. The van der Waals surface area contributed by atoms with Crippen molar-refractivity contribution in [3.8, 4) is 5.75 Å². The van der Waals surface area contributed by atoms with Gasteiger partial charge in [-0.2, -0.15) is 0 Å². The molecule has 2 aromatic rings. The molecule has 0 saturated carbocycles. The number of aromatic hydroxyl groups is 1. The van der Waals surface area contributed by atoms with Crippen molar-refractivity contribution in [3.05, 3.63) is 39.0 Å². The van der Waals surface area contributed by atoms with Crippen LogP contribution < -0.4 is 11.2 Å². The summed E-state index contributed by atoms with van der Waals surface area (Å²) in [4.78, 5) is 25.7. The van der Waals surface area contributed by atoms with Crippen molar-refractivity contribution in [1.29, 1.82) is 0 Å². The van der Waals surface area contributed by atoms with Crippen LogP contribution in [0.3, 0.4) is 0 Å². The van der Waals surface area contributed by atoms with Gasteiger partial charge in [0, 0.05) is 0 Å². The fraction of sp³-hybridized carbons (Fsp3) is 0.200. The van der Waals surface area contributed by atoms with E-state index in [0.29, 0.717) is 0 Å². The number of aromatic amines is 1. The Morgan fingerprint density at radius 2 is 2.06 bits per heavy atom. The maximum atomic E-state index is 11.8. The molecular weight excluding hydrogens is 212 g/mol. The van der Waals surface area contributed by atoms with Crippen LogP contribution in [-0.4, -0.2) is 26.4 Å². The van der Waals surface area contributed by atoms with Crippen molar-refractivity contribution in [1.82, 2.24) is 9.55 Å². The molecule has 0 atom stereocenters. The molecule has 0 aliphatic carbocycles. The zero-order valence-corrected chi connectivity index (χ0v) is 8.30. The van der Waals surface area contributed by atoms with E-state index in [4.69, 9.17) is 5.11 Å². The summed E-state index contributed by atoms with van der Waals surface area (Å²) < 4.78 is 0.891. The maximum absolute atomic E-state index is 11.8. The molecule has 0 aliphatic rings. The summed E-state index contributed by atoms with van der Waals surface area (Å²) in [6, 6.07) is 4.40. The third kappa shape index (κ3) is 1.49. The molecule has 0 spiro atoms. The average Bonchev–Trinajstić information content (AvgIpc) is 2.26. The highest BCUT2D eigenvalue weighted by Crippen LogP contribution is 2.17. The lowest BCUT2D eigenvalue weighted by Gasteiger charge is -2.05. The second-order valence-corrected chi connectivity index (χ2v) is 3.31. The molecule has 1 heterocycles. The first-order valence-corrected chi connectivity index (χ1v) is 4.71. The number of benzene rings is 1. The average molecular weight is 222 g/mol. The molecule has 6 nitrogen and oxygen atoms in total. The predicted octanol–water partition coefficient (Wildman–Crippen LogP) is -0.612. The van der Waals surface area contributed by atoms with E-state index in [2.05, 4.69) is 4.98 Å². The number of nitrogens with one attached hydrogen (secondary N) is 1. The standard InChI is InChI=1S/C10H10N2O4/c13-5-4-12-9(15)6-2-1-3-7(14)8(6)11-10(12)16/h1-3,13-14H,4-5H2,(H,11,16). The van der Waals surface area contributed by atoms with Crippen molar-refractivity contribution >= 4 is 10.9 Å². The molecule has 0 unspecified atom stereocenters. The van der Waals surface area contributed by atoms with Gasteiger partial charge in [-0.25, -0.2) is 4.79 Å². The van der Waals surface area contributed by atoms with Crippen LogP contribution in [0.4, 0.5) is 0 Å². The van der Waals surface area contributed by atoms with Gasteiger partial charge >= 0.3 is 5.69 Å². The monoisotopic (exact) mass is 222 g/mol. The lowest BCUT2D eigenvalue weighted by Crippen LogP contribution is -2.35. The minimum absolute atomic E-state index is 0.0697. The van der Waals surface area contributed by atoms with Crippen LogP contribution >= 0.6 is 0 Å². The molecule has 2 rings (SSSR count). The number of aliphatic hydroxyl groups is 1. The van der Waals surface area contributed by atoms with E-state index in [1.807, 2.05) is 0 Å². The second kappa shape index (κ2) is 3.82. The zero-order valence-electron chi connectivity index (χ0n) is 8.30. The normalized spacial score (nSPS) is 10.8. The zero-order chi connectivity index (χ0) is 11.7. The highest BCUT2D eigenvalue weighted by molar-refractivity contribution is 5.82. The third-order valence-electron chi connectivity index (χ3n) is 2.32. The minimum Gasteiger partial charge on any atom is -0.506 e. The Bertz CT molecular complexity index is 641. The summed E-state index contributed by atoms with van der Waals surface area (Å²) in [7, 11) is 0. The summed E-state index contributed by atoms with van der Waals surface area (Å²) >= 11 is 0. The van der Waals surface area contributed by atoms with Crippen molar-refractivity contribution in [2.75, 3.05) is 6.61 Å². The first kappa shape index (κ1) is 10.4. The number of rotatable bonds is 2. The number of fused-ring (bicyclic) bond motifs is 1. The molecule has 3 N–H and O–H groups in total. The SMILES string of the molecule is O=c1[nH]c2c(O)cccc2c(=O)n1CCO. The lowest BCUT2D eigenvalue weighted by molar-refractivity contribution is 0.272. The summed E-state index contributed by atoms with van der Waals surface area (Å²) in [6.45, 7) is -0.368. The van der Waals surface area contributed by atoms with Crippen LogP contribution in [0.15, 0.2) is 27.8 Å². The minimum atomic E-state index is -0.645. The van der Waals surface area contributed by atoms with Gasteiger partial charge in [0.1, 0.15) is 5.75 Å². The molecule has 6 heteroatoms. The van der Waals surface area contributed by atoms with Gasteiger partial charge in [0.25, 0.3) is 5.56 Å². The van der Waals surface area contributed by atoms with E-state index < -0.39 is 11.2 Å². The Morgan fingerprint density at radius 1 is 1.31 bits per heavy atom. The Balaban J connectivity index is 2.90. The van der Waals surface area contributed by atoms with Gasteiger partial charge in [-0.05, 0) is 12.1 Å². The third-order valence-corrected chi connectivity index (χ3v) is 2.32. The summed E-state index contributed by atoms with van der Waals surface area (Å²) in [5, 5.41) is 18.4. The molecule has 84 valence electrons. The highest BCUT2D eigenvalue weighted by atomic mass is 16.3. The fourth-order valence-electron chi connectivity index (χ4n) is 1.56. The Kier molecular flexibility index (Phi) is 2.49. The van der Waals surface area contributed by atoms with E-state index in [1.54, 1.807) is 0 Å². The molecule has 0 fully saturated rings. The van der Waals surface area contributed by atoms with Crippen LogP contribution in [0, 0.1) is 0 Å². The summed E-state index contributed by atoms with van der Waals surface area (Å²) in [6.07, 6.45) is 0. The Labute approximate surface area is 89.4 Å². The first-order valence-electron chi connectivity index (χ1n) is 4.71. The fourth-order valence-corrected chi connectivity index (χ4v) is 1.56. The van der Waals surface area contributed by atoms with Crippen LogP contribution in [0.1, 0.15) is 0 Å². The van der Waals surface area contributed by atoms with Crippen LogP contribution in [0.25, 0.3) is 10.9 Å². The Hall–Kier alpha value is -2.08. The van der Waals surface area contributed by atoms with E-state index in [9.17, 15) is 14.7 Å². The van der Waals surface area contributed by atoms with Gasteiger partial charge in [0.05, 0.1) is 24.1 Å². The van der Waals surface area contributed by atoms with Crippen molar-refractivity contribution in [2.24, 2.45) is 0 Å². The highest BCUT2D eigenvalue weighted by Gasteiger charge is 2.08. The number of para-hydroxylation sites is 1. The van der Waals surface area contributed by atoms with Gasteiger partial charge in [-0.15, -0.1) is 0 Å². The predicted molar refractivity (Wildman–Crippen MR) is 57.6 cm³/mol. The molecule has 0 aliphatic heterocycles. The first-order chi connectivity index (χ1) is 7.65. The van der Waals surface area contributed by atoms with Crippen molar-refractivity contribution in [2.45, 2.75) is 6.54 Å². The smallest absolute Gasteiger partial charge is 0.329 e. The van der Waals surface area contributed by atoms with Gasteiger partial charge < -0.3 is 15.2 Å². The number of phenols is 1. The van der Waals surface area contributed by atoms with Crippen molar-refractivity contribution < 1.29 is 10.2 Å². The summed E-state index contributed by atoms with van der Waals surface area (Å²) in [5.74, 6) is -0.150. The van der Waals surface area contributed by atoms with E-state index in [0.717, 1.165) is 4.57 Å². The second-order valence-electron chi connectivity index (χ2n) is 3.31. The van der Waals surface area contributed by atoms with Gasteiger partial charge in [-0.1, -0.05) is 6.07 Å². The van der Waals surface area contributed by atoms with E-state index in [1.165, 1.54) is 18.2 Å². The van der Waals surface area contributed by atoms with Crippen molar-refractivity contribution in [3.63, 3.8) is 0 Å². The number of H-pyrrole nitrogens is 1.